The quantitative estimate of drug-likeness (QED) is 0.825. The van der Waals surface area contributed by atoms with Gasteiger partial charge in [0.1, 0.15) is 5.76 Å². The van der Waals surface area contributed by atoms with Crippen LogP contribution < -0.4 is 5.32 Å². The van der Waals surface area contributed by atoms with Crippen LogP contribution in [0, 0.1) is 0 Å². The van der Waals surface area contributed by atoms with Crippen molar-refractivity contribution in [3.8, 4) is 0 Å². The van der Waals surface area contributed by atoms with Crippen molar-refractivity contribution in [2.75, 3.05) is 7.05 Å². The second-order valence-corrected chi connectivity index (χ2v) is 3.74. The van der Waals surface area contributed by atoms with Crippen LogP contribution in [0.15, 0.2) is 29.0 Å². The lowest BCUT2D eigenvalue weighted by molar-refractivity contribution is 0.455. The van der Waals surface area contributed by atoms with E-state index in [-0.39, 0.29) is 6.04 Å². The summed E-state index contributed by atoms with van der Waals surface area (Å²) in [6.45, 7) is 0. The summed E-state index contributed by atoms with van der Waals surface area (Å²) in [5, 5.41) is 11.1. The highest BCUT2D eigenvalue weighted by molar-refractivity contribution is 5.04. The van der Waals surface area contributed by atoms with E-state index in [1.54, 1.807) is 17.1 Å². The minimum Gasteiger partial charge on any atom is -0.469 e. The summed E-state index contributed by atoms with van der Waals surface area (Å²) in [6, 6.07) is 4.16. The molecule has 5 heteroatoms. The first-order valence-electron chi connectivity index (χ1n) is 5.35. The van der Waals surface area contributed by atoms with Crippen molar-refractivity contribution in [2.45, 2.75) is 18.9 Å². The minimum absolute atomic E-state index is 0.255. The molecule has 2 rings (SSSR count). The molecule has 2 aromatic rings. The minimum atomic E-state index is 0.255. The van der Waals surface area contributed by atoms with Crippen LogP contribution in [0.2, 0.25) is 0 Å². The van der Waals surface area contributed by atoms with Gasteiger partial charge in [-0.25, -0.2) is 0 Å². The normalized spacial score (nSPS) is 12.9. The number of aryl methyl sites for hydroxylation is 2. The van der Waals surface area contributed by atoms with Gasteiger partial charge in [0.15, 0.2) is 0 Å². The highest BCUT2D eigenvalue weighted by atomic mass is 16.3. The van der Waals surface area contributed by atoms with Gasteiger partial charge in [-0.3, -0.25) is 4.68 Å². The van der Waals surface area contributed by atoms with Gasteiger partial charge in [-0.1, -0.05) is 5.21 Å². The van der Waals surface area contributed by atoms with Crippen molar-refractivity contribution >= 4 is 0 Å². The largest absolute Gasteiger partial charge is 0.469 e. The topological polar surface area (TPSA) is 55.9 Å². The molecule has 0 fully saturated rings. The van der Waals surface area contributed by atoms with Gasteiger partial charge in [0.2, 0.25) is 0 Å². The average Bonchev–Trinajstić information content (AvgIpc) is 2.92. The van der Waals surface area contributed by atoms with E-state index in [1.807, 2.05) is 26.2 Å². The Bertz CT molecular complexity index is 421. The molecule has 5 nitrogen and oxygen atoms in total. The molecule has 0 spiro atoms. The van der Waals surface area contributed by atoms with Crippen molar-refractivity contribution in [3.63, 3.8) is 0 Å². The maximum Gasteiger partial charge on any atom is 0.103 e. The maximum absolute atomic E-state index is 5.31. The molecule has 2 aromatic heterocycles. The first-order valence-corrected chi connectivity index (χ1v) is 5.35. The van der Waals surface area contributed by atoms with Crippen LogP contribution in [-0.4, -0.2) is 22.0 Å². The Kier molecular flexibility index (Phi) is 3.36. The lowest BCUT2D eigenvalue weighted by atomic mass is 10.1. The molecule has 1 atom stereocenters. The highest BCUT2D eigenvalue weighted by Crippen LogP contribution is 2.17. The number of furan rings is 1. The van der Waals surface area contributed by atoms with Gasteiger partial charge >= 0.3 is 0 Å². The SMILES string of the molecule is CNC(CCc1ccco1)c1cnnn1C. The first kappa shape index (κ1) is 10.9. The van der Waals surface area contributed by atoms with Crippen molar-refractivity contribution in [1.29, 1.82) is 0 Å². The van der Waals surface area contributed by atoms with E-state index >= 15 is 0 Å². The fraction of sp³-hybridized carbons (Fsp3) is 0.455. The summed E-state index contributed by atoms with van der Waals surface area (Å²) in [4.78, 5) is 0. The summed E-state index contributed by atoms with van der Waals surface area (Å²) in [7, 11) is 3.85. The summed E-state index contributed by atoms with van der Waals surface area (Å²) >= 11 is 0. The van der Waals surface area contributed by atoms with Crippen LogP contribution in [0.4, 0.5) is 0 Å². The Morgan fingerprint density at radius 3 is 3.00 bits per heavy atom. The highest BCUT2D eigenvalue weighted by Gasteiger charge is 2.14. The Labute approximate surface area is 94.5 Å². The average molecular weight is 220 g/mol. The lowest BCUT2D eigenvalue weighted by Gasteiger charge is -2.14. The van der Waals surface area contributed by atoms with E-state index in [0.717, 1.165) is 24.3 Å². The van der Waals surface area contributed by atoms with Gasteiger partial charge in [-0.05, 0) is 25.6 Å². The Morgan fingerprint density at radius 2 is 2.44 bits per heavy atom. The van der Waals surface area contributed by atoms with Gasteiger partial charge < -0.3 is 9.73 Å². The van der Waals surface area contributed by atoms with Crippen molar-refractivity contribution in [3.05, 3.63) is 36.0 Å². The summed E-state index contributed by atoms with van der Waals surface area (Å²) in [5.74, 6) is 1.01. The van der Waals surface area contributed by atoms with E-state index in [2.05, 4.69) is 15.6 Å². The van der Waals surface area contributed by atoms with Crippen LogP contribution >= 0.6 is 0 Å². The molecule has 1 N–H and O–H groups in total. The number of hydrogen-bond donors (Lipinski definition) is 1. The first-order chi connectivity index (χ1) is 7.81. The second-order valence-electron chi connectivity index (χ2n) is 3.74. The van der Waals surface area contributed by atoms with Crippen LogP contribution in [0.3, 0.4) is 0 Å². The molecule has 16 heavy (non-hydrogen) atoms. The lowest BCUT2D eigenvalue weighted by Crippen LogP contribution is -2.20. The Morgan fingerprint density at radius 1 is 1.56 bits per heavy atom. The molecule has 0 radical (unpaired) electrons. The van der Waals surface area contributed by atoms with E-state index in [0.29, 0.717) is 0 Å². The number of rotatable bonds is 5. The zero-order valence-electron chi connectivity index (χ0n) is 9.55. The molecule has 0 aliphatic heterocycles. The molecule has 0 aliphatic carbocycles. The molecule has 0 saturated carbocycles. The van der Waals surface area contributed by atoms with E-state index in [9.17, 15) is 0 Å². The molecule has 0 amide bonds. The molecule has 86 valence electrons. The molecule has 2 heterocycles. The van der Waals surface area contributed by atoms with Gasteiger partial charge in [-0.15, -0.1) is 5.10 Å². The fourth-order valence-electron chi connectivity index (χ4n) is 1.79. The number of aromatic nitrogens is 3. The zero-order chi connectivity index (χ0) is 11.4. The van der Waals surface area contributed by atoms with E-state index in [4.69, 9.17) is 4.42 Å². The predicted octanol–water partition coefficient (Wildman–Crippen LogP) is 1.30. The van der Waals surface area contributed by atoms with Crippen LogP contribution in [0.5, 0.6) is 0 Å². The smallest absolute Gasteiger partial charge is 0.103 e. The fourth-order valence-corrected chi connectivity index (χ4v) is 1.79. The van der Waals surface area contributed by atoms with Crippen molar-refractivity contribution in [1.82, 2.24) is 20.3 Å². The third-order valence-corrected chi connectivity index (χ3v) is 2.71. The molecule has 1 unspecified atom stereocenters. The third kappa shape index (κ3) is 2.30. The van der Waals surface area contributed by atoms with Gasteiger partial charge in [-0.2, -0.15) is 0 Å². The molecule has 0 saturated heterocycles. The van der Waals surface area contributed by atoms with E-state index < -0.39 is 0 Å². The summed E-state index contributed by atoms with van der Waals surface area (Å²) < 4.78 is 7.11. The van der Waals surface area contributed by atoms with Gasteiger partial charge in [0.25, 0.3) is 0 Å². The Hall–Kier alpha value is -1.62. The van der Waals surface area contributed by atoms with E-state index in [1.165, 1.54) is 0 Å². The second kappa shape index (κ2) is 4.94. The molecule has 0 aromatic carbocycles. The third-order valence-electron chi connectivity index (χ3n) is 2.71. The predicted molar refractivity (Wildman–Crippen MR) is 59.8 cm³/mol. The Balaban J connectivity index is 1.99. The van der Waals surface area contributed by atoms with Crippen LogP contribution in [0.25, 0.3) is 0 Å². The van der Waals surface area contributed by atoms with Crippen molar-refractivity contribution in [2.24, 2.45) is 7.05 Å². The number of nitrogens with zero attached hydrogens (tertiary/aromatic N) is 3. The number of nitrogens with one attached hydrogen (secondary N) is 1. The summed E-state index contributed by atoms with van der Waals surface area (Å²) in [5.41, 5.74) is 1.09. The maximum atomic E-state index is 5.31. The summed E-state index contributed by atoms with van der Waals surface area (Å²) in [6.07, 6.45) is 5.37. The zero-order valence-corrected chi connectivity index (χ0v) is 9.55. The van der Waals surface area contributed by atoms with Gasteiger partial charge in [0.05, 0.1) is 24.2 Å². The molecule has 0 bridgehead atoms. The van der Waals surface area contributed by atoms with Crippen LogP contribution in [0.1, 0.15) is 23.9 Å². The van der Waals surface area contributed by atoms with Crippen LogP contribution in [-0.2, 0) is 13.5 Å². The molecular weight excluding hydrogens is 204 g/mol. The standard InChI is InChI=1S/C11H16N4O/c1-12-10(11-8-13-14-15(11)2)6-5-9-4-3-7-16-9/h3-4,7-8,10,12H,5-6H2,1-2H3. The molecular formula is C11H16N4O. The monoisotopic (exact) mass is 220 g/mol. The molecule has 0 aliphatic rings. The van der Waals surface area contributed by atoms with Gasteiger partial charge in [0, 0.05) is 13.5 Å². The van der Waals surface area contributed by atoms with Crippen molar-refractivity contribution < 1.29 is 4.42 Å². The number of hydrogen-bond acceptors (Lipinski definition) is 4.